The Morgan fingerprint density at radius 1 is 1.11 bits per heavy atom. The van der Waals surface area contributed by atoms with Crippen LogP contribution in [-0.2, 0) is 6.42 Å². The van der Waals surface area contributed by atoms with Gasteiger partial charge in [-0.25, -0.2) is 4.98 Å². The summed E-state index contributed by atoms with van der Waals surface area (Å²) in [7, 11) is 0. The minimum atomic E-state index is 0.697. The normalized spacial score (nSPS) is 11.0. The Kier molecular flexibility index (Phi) is 3.25. The van der Waals surface area contributed by atoms with E-state index in [1.54, 1.807) is 0 Å². The maximum absolute atomic E-state index is 5.53. The number of pyridine rings is 2. The molecule has 3 rings (SSSR count). The molecule has 0 atom stereocenters. The number of nitrogens with two attached hydrogens (primary N) is 1. The molecule has 0 saturated carbocycles. The van der Waals surface area contributed by atoms with Gasteiger partial charge in [-0.05, 0) is 49.2 Å². The second kappa shape index (κ2) is 5.20. The Labute approximate surface area is 111 Å². The molecule has 3 aromatic heterocycles. The first-order valence-electron chi connectivity index (χ1n) is 6.45. The number of rotatable bonds is 4. The van der Waals surface area contributed by atoms with Crippen molar-refractivity contribution in [2.24, 2.45) is 5.73 Å². The van der Waals surface area contributed by atoms with E-state index in [0.717, 1.165) is 40.7 Å². The molecule has 0 aliphatic heterocycles. The van der Waals surface area contributed by atoms with E-state index in [-0.39, 0.29) is 0 Å². The number of aromatic nitrogens is 3. The van der Waals surface area contributed by atoms with Crippen molar-refractivity contribution in [2.45, 2.75) is 12.8 Å². The number of hydrogen-bond donors (Lipinski definition) is 2. The van der Waals surface area contributed by atoms with Gasteiger partial charge in [0.25, 0.3) is 0 Å². The third-order valence-electron chi connectivity index (χ3n) is 3.19. The number of fused-ring (bicyclic) bond motifs is 1. The summed E-state index contributed by atoms with van der Waals surface area (Å²) in [5.74, 6) is 0. The van der Waals surface area contributed by atoms with Crippen molar-refractivity contribution in [1.82, 2.24) is 15.0 Å². The van der Waals surface area contributed by atoms with Crippen LogP contribution in [0, 0.1) is 0 Å². The van der Waals surface area contributed by atoms with Gasteiger partial charge < -0.3 is 10.7 Å². The molecule has 0 radical (unpaired) electrons. The lowest BCUT2D eigenvalue weighted by Crippen LogP contribution is -2.01. The molecule has 0 amide bonds. The first-order valence-corrected chi connectivity index (χ1v) is 6.45. The third-order valence-corrected chi connectivity index (χ3v) is 3.19. The number of aromatic amines is 1. The lowest BCUT2D eigenvalue weighted by molar-refractivity contribution is 0.811. The lowest BCUT2D eigenvalue weighted by Gasteiger charge is -2.04. The fraction of sp³-hybridized carbons (Fsp3) is 0.200. The van der Waals surface area contributed by atoms with Gasteiger partial charge in [-0.1, -0.05) is 0 Å². The van der Waals surface area contributed by atoms with E-state index in [1.165, 1.54) is 0 Å². The van der Waals surface area contributed by atoms with Gasteiger partial charge in [0.05, 0.1) is 0 Å². The average Bonchev–Trinajstić information content (AvgIpc) is 2.92. The summed E-state index contributed by atoms with van der Waals surface area (Å²) >= 11 is 0. The number of H-pyrrole nitrogens is 1. The predicted molar refractivity (Wildman–Crippen MR) is 76.7 cm³/mol. The molecular formula is C15H16N4. The highest BCUT2D eigenvalue weighted by Gasteiger charge is 2.03. The van der Waals surface area contributed by atoms with Gasteiger partial charge >= 0.3 is 0 Å². The van der Waals surface area contributed by atoms with E-state index in [4.69, 9.17) is 5.73 Å². The minimum absolute atomic E-state index is 0.697. The van der Waals surface area contributed by atoms with Gasteiger partial charge in [-0.3, -0.25) is 4.98 Å². The molecular weight excluding hydrogens is 236 g/mol. The number of aryl methyl sites for hydroxylation is 1. The summed E-state index contributed by atoms with van der Waals surface area (Å²) in [6.45, 7) is 0.697. The van der Waals surface area contributed by atoms with Crippen LogP contribution in [-0.4, -0.2) is 21.5 Å². The highest BCUT2D eigenvalue weighted by molar-refractivity contribution is 5.81. The second-order valence-corrected chi connectivity index (χ2v) is 4.57. The van der Waals surface area contributed by atoms with Crippen molar-refractivity contribution in [3.8, 4) is 11.1 Å². The van der Waals surface area contributed by atoms with Crippen molar-refractivity contribution in [1.29, 1.82) is 0 Å². The van der Waals surface area contributed by atoms with Crippen LogP contribution in [0.15, 0.2) is 42.9 Å². The first kappa shape index (κ1) is 11.9. The fourth-order valence-electron chi connectivity index (χ4n) is 2.18. The topological polar surface area (TPSA) is 67.6 Å². The molecule has 3 heterocycles. The molecule has 4 nitrogen and oxygen atoms in total. The van der Waals surface area contributed by atoms with E-state index >= 15 is 0 Å². The summed E-state index contributed by atoms with van der Waals surface area (Å²) in [6, 6.07) is 8.30. The SMILES string of the molecule is NCCCc1cc(-c2cnc3[nH]ccc3c2)ccn1. The Bertz CT molecular complexity index is 687. The molecule has 0 aliphatic carbocycles. The largest absolute Gasteiger partial charge is 0.346 e. The van der Waals surface area contributed by atoms with Crippen LogP contribution in [0.3, 0.4) is 0 Å². The molecule has 0 bridgehead atoms. The monoisotopic (exact) mass is 252 g/mol. The quantitative estimate of drug-likeness (QED) is 0.749. The summed E-state index contributed by atoms with van der Waals surface area (Å²) in [5, 5.41) is 1.12. The van der Waals surface area contributed by atoms with E-state index < -0.39 is 0 Å². The summed E-state index contributed by atoms with van der Waals surface area (Å²) in [6.07, 6.45) is 7.53. The van der Waals surface area contributed by atoms with Gasteiger partial charge in [0.2, 0.25) is 0 Å². The molecule has 3 aromatic rings. The zero-order valence-electron chi connectivity index (χ0n) is 10.6. The van der Waals surface area contributed by atoms with Crippen LogP contribution in [0.5, 0.6) is 0 Å². The summed E-state index contributed by atoms with van der Waals surface area (Å²) in [4.78, 5) is 11.9. The molecule has 3 N–H and O–H groups in total. The van der Waals surface area contributed by atoms with Crippen LogP contribution in [0.4, 0.5) is 0 Å². The van der Waals surface area contributed by atoms with Crippen molar-refractivity contribution in [2.75, 3.05) is 6.54 Å². The zero-order valence-corrected chi connectivity index (χ0v) is 10.6. The first-order chi connectivity index (χ1) is 9.36. The smallest absolute Gasteiger partial charge is 0.137 e. The molecule has 0 fully saturated rings. The molecule has 0 aromatic carbocycles. The Morgan fingerprint density at radius 2 is 2.05 bits per heavy atom. The van der Waals surface area contributed by atoms with E-state index in [1.807, 2.05) is 30.7 Å². The second-order valence-electron chi connectivity index (χ2n) is 4.57. The van der Waals surface area contributed by atoms with Crippen molar-refractivity contribution >= 4 is 11.0 Å². The molecule has 0 spiro atoms. The highest BCUT2D eigenvalue weighted by Crippen LogP contribution is 2.22. The molecule has 0 saturated heterocycles. The molecule has 4 heteroatoms. The molecule has 96 valence electrons. The van der Waals surface area contributed by atoms with Crippen LogP contribution < -0.4 is 5.73 Å². The van der Waals surface area contributed by atoms with Crippen molar-refractivity contribution < 1.29 is 0 Å². The van der Waals surface area contributed by atoms with Crippen molar-refractivity contribution in [3.63, 3.8) is 0 Å². The average molecular weight is 252 g/mol. The van der Waals surface area contributed by atoms with Crippen LogP contribution >= 0.6 is 0 Å². The van der Waals surface area contributed by atoms with Gasteiger partial charge in [0.15, 0.2) is 0 Å². The molecule has 0 aliphatic rings. The Balaban J connectivity index is 1.95. The van der Waals surface area contributed by atoms with Gasteiger partial charge in [-0.15, -0.1) is 0 Å². The van der Waals surface area contributed by atoms with Crippen LogP contribution in [0.2, 0.25) is 0 Å². The summed E-state index contributed by atoms with van der Waals surface area (Å²) in [5.41, 5.74) is 9.80. The summed E-state index contributed by atoms with van der Waals surface area (Å²) < 4.78 is 0. The standard InChI is InChI=1S/C15H16N4/c16-5-1-2-14-9-11(3-6-17-14)13-8-12-4-7-18-15(12)19-10-13/h3-4,6-10H,1-2,5,16H2,(H,18,19). The Morgan fingerprint density at radius 3 is 2.95 bits per heavy atom. The Hall–Kier alpha value is -2.20. The van der Waals surface area contributed by atoms with E-state index in [0.29, 0.717) is 6.54 Å². The predicted octanol–water partition coefficient (Wildman–Crippen LogP) is 2.52. The number of nitrogens with one attached hydrogen (secondary N) is 1. The maximum Gasteiger partial charge on any atom is 0.137 e. The molecule has 19 heavy (non-hydrogen) atoms. The number of hydrogen-bond acceptors (Lipinski definition) is 3. The highest BCUT2D eigenvalue weighted by atomic mass is 14.8. The minimum Gasteiger partial charge on any atom is -0.346 e. The van der Waals surface area contributed by atoms with Crippen LogP contribution in [0.1, 0.15) is 12.1 Å². The van der Waals surface area contributed by atoms with Crippen molar-refractivity contribution in [3.05, 3.63) is 48.5 Å². The maximum atomic E-state index is 5.53. The zero-order chi connectivity index (χ0) is 13.1. The van der Waals surface area contributed by atoms with E-state index in [2.05, 4.69) is 27.1 Å². The van der Waals surface area contributed by atoms with Crippen LogP contribution in [0.25, 0.3) is 22.2 Å². The van der Waals surface area contributed by atoms with Gasteiger partial charge in [-0.2, -0.15) is 0 Å². The van der Waals surface area contributed by atoms with Gasteiger partial charge in [0, 0.05) is 35.2 Å². The third kappa shape index (κ3) is 2.48. The molecule has 0 unspecified atom stereocenters. The lowest BCUT2D eigenvalue weighted by atomic mass is 10.1. The van der Waals surface area contributed by atoms with E-state index in [9.17, 15) is 0 Å². The van der Waals surface area contributed by atoms with Gasteiger partial charge in [0.1, 0.15) is 5.65 Å². The number of nitrogens with zero attached hydrogens (tertiary/aromatic N) is 2. The fourth-order valence-corrected chi connectivity index (χ4v) is 2.18.